The van der Waals surface area contributed by atoms with Gasteiger partial charge in [0.25, 0.3) is 0 Å². The standard InChI is InChI=1S/C17H24N2O2/c1-18-6-2-3-15(18)16-11-21-8-7-19(16)17(20)14-10-12-4-5-13(14)9-12/h2-3,6,12-14,16H,4-5,7-11H2,1H3/t12-,13-,14-,16+/m0/s1. The predicted molar refractivity (Wildman–Crippen MR) is 79.6 cm³/mol. The van der Waals surface area contributed by atoms with E-state index in [9.17, 15) is 4.79 Å². The second-order valence-electron chi connectivity index (χ2n) is 6.95. The van der Waals surface area contributed by atoms with Gasteiger partial charge in [-0.2, -0.15) is 0 Å². The Morgan fingerprint density at radius 2 is 2.24 bits per heavy atom. The highest BCUT2D eigenvalue weighted by Crippen LogP contribution is 2.49. The van der Waals surface area contributed by atoms with Gasteiger partial charge in [-0.15, -0.1) is 0 Å². The predicted octanol–water partition coefficient (Wildman–Crippen LogP) is 2.36. The van der Waals surface area contributed by atoms with Gasteiger partial charge in [0.2, 0.25) is 5.91 Å². The average molecular weight is 288 g/mol. The Labute approximate surface area is 126 Å². The highest BCUT2D eigenvalue weighted by Gasteiger charge is 2.46. The summed E-state index contributed by atoms with van der Waals surface area (Å²) >= 11 is 0. The second-order valence-corrected chi connectivity index (χ2v) is 6.95. The molecule has 1 saturated heterocycles. The summed E-state index contributed by atoms with van der Waals surface area (Å²) in [6.45, 7) is 2.04. The number of morpholine rings is 1. The van der Waals surface area contributed by atoms with Gasteiger partial charge in [-0.1, -0.05) is 6.42 Å². The Hall–Kier alpha value is -1.29. The zero-order chi connectivity index (χ0) is 14.4. The Morgan fingerprint density at radius 1 is 1.33 bits per heavy atom. The van der Waals surface area contributed by atoms with Crippen LogP contribution in [0, 0.1) is 17.8 Å². The monoisotopic (exact) mass is 288 g/mol. The van der Waals surface area contributed by atoms with Crippen LogP contribution in [0.1, 0.15) is 37.4 Å². The summed E-state index contributed by atoms with van der Waals surface area (Å²) < 4.78 is 7.77. The summed E-state index contributed by atoms with van der Waals surface area (Å²) in [6, 6.07) is 4.25. The molecule has 3 aliphatic rings. The summed E-state index contributed by atoms with van der Waals surface area (Å²) in [5.41, 5.74) is 1.19. The van der Waals surface area contributed by atoms with E-state index in [4.69, 9.17) is 4.74 Å². The molecule has 1 aromatic rings. The first-order chi connectivity index (χ1) is 10.2. The van der Waals surface area contributed by atoms with Gasteiger partial charge >= 0.3 is 0 Å². The van der Waals surface area contributed by atoms with E-state index in [0.29, 0.717) is 25.0 Å². The molecule has 1 aliphatic heterocycles. The Bertz CT molecular complexity index is 539. The highest BCUT2D eigenvalue weighted by molar-refractivity contribution is 5.80. The fourth-order valence-electron chi connectivity index (χ4n) is 4.69. The number of carbonyl (C=O) groups is 1. The van der Waals surface area contributed by atoms with Crippen LogP contribution in [-0.2, 0) is 16.6 Å². The number of aromatic nitrogens is 1. The fraction of sp³-hybridized carbons (Fsp3) is 0.706. The lowest BCUT2D eigenvalue weighted by Gasteiger charge is -2.38. The number of rotatable bonds is 2. The number of hydrogen-bond acceptors (Lipinski definition) is 2. The van der Waals surface area contributed by atoms with Crippen molar-refractivity contribution in [3.05, 3.63) is 24.0 Å². The molecule has 0 N–H and O–H groups in total. The molecule has 114 valence electrons. The van der Waals surface area contributed by atoms with Crippen LogP contribution in [0.4, 0.5) is 0 Å². The number of amides is 1. The van der Waals surface area contributed by atoms with Crippen LogP contribution in [0.25, 0.3) is 0 Å². The minimum Gasteiger partial charge on any atom is -0.377 e. The molecule has 2 saturated carbocycles. The first-order valence-corrected chi connectivity index (χ1v) is 8.23. The maximum atomic E-state index is 13.1. The summed E-state index contributed by atoms with van der Waals surface area (Å²) in [5.74, 6) is 2.14. The lowest BCUT2D eigenvalue weighted by Crippen LogP contribution is -2.47. The lowest BCUT2D eigenvalue weighted by molar-refractivity contribution is -0.146. The quantitative estimate of drug-likeness (QED) is 0.837. The van der Waals surface area contributed by atoms with E-state index >= 15 is 0 Å². The molecular formula is C17H24N2O2. The number of fused-ring (bicyclic) bond motifs is 2. The van der Waals surface area contributed by atoms with Gasteiger partial charge in [-0.3, -0.25) is 4.79 Å². The third-order valence-electron chi connectivity index (χ3n) is 5.79. The Morgan fingerprint density at radius 3 is 2.90 bits per heavy atom. The molecule has 0 spiro atoms. The lowest BCUT2D eigenvalue weighted by atomic mass is 9.87. The number of carbonyl (C=O) groups excluding carboxylic acids is 1. The van der Waals surface area contributed by atoms with Crippen molar-refractivity contribution in [2.45, 2.75) is 31.7 Å². The first kappa shape index (κ1) is 13.4. The molecule has 0 aromatic carbocycles. The van der Waals surface area contributed by atoms with E-state index in [2.05, 4.69) is 15.5 Å². The number of nitrogens with zero attached hydrogens (tertiary/aromatic N) is 2. The maximum Gasteiger partial charge on any atom is 0.226 e. The van der Waals surface area contributed by atoms with Gasteiger partial charge in [0.15, 0.2) is 0 Å². The van der Waals surface area contributed by atoms with Gasteiger partial charge < -0.3 is 14.2 Å². The van der Waals surface area contributed by atoms with Gasteiger partial charge in [-0.25, -0.2) is 0 Å². The molecule has 4 atom stereocenters. The normalized spacial score (nSPS) is 35.4. The van der Waals surface area contributed by atoms with E-state index in [0.717, 1.165) is 18.9 Å². The minimum absolute atomic E-state index is 0.0883. The van der Waals surface area contributed by atoms with Gasteiger partial charge in [0, 0.05) is 31.4 Å². The molecular weight excluding hydrogens is 264 g/mol. The molecule has 2 aliphatic carbocycles. The molecule has 1 aromatic heterocycles. The molecule has 0 radical (unpaired) electrons. The average Bonchev–Trinajstić information content (AvgIpc) is 3.22. The van der Waals surface area contributed by atoms with Gasteiger partial charge in [0.1, 0.15) is 0 Å². The zero-order valence-electron chi connectivity index (χ0n) is 12.7. The Balaban J connectivity index is 1.57. The smallest absolute Gasteiger partial charge is 0.226 e. The molecule has 0 unspecified atom stereocenters. The summed E-state index contributed by atoms with van der Waals surface area (Å²) in [5, 5.41) is 0. The molecule has 4 heteroatoms. The topological polar surface area (TPSA) is 34.5 Å². The summed E-state index contributed by atoms with van der Waals surface area (Å²) in [6.07, 6.45) is 7.07. The van der Waals surface area contributed by atoms with Crippen LogP contribution in [0.5, 0.6) is 0 Å². The largest absolute Gasteiger partial charge is 0.377 e. The van der Waals surface area contributed by atoms with E-state index in [1.807, 2.05) is 19.3 Å². The minimum atomic E-state index is 0.0883. The van der Waals surface area contributed by atoms with Crippen LogP contribution in [0.15, 0.2) is 18.3 Å². The van der Waals surface area contributed by atoms with E-state index in [-0.39, 0.29) is 12.0 Å². The van der Waals surface area contributed by atoms with Crippen molar-refractivity contribution in [3.63, 3.8) is 0 Å². The second kappa shape index (κ2) is 5.16. The van der Waals surface area contributed by atoms with Crippen molar-refractivity contribution >= 4 is 5.91 Å². The van der Waals surface area contributed by atoms with Crippen LogP contribution < -0.4 is 0 Å². The third kappa shape index (κ3) is 2.20. The molecule has 4 nitrogen and oxygen atoms in total. The van der Waals surface area contributed by atoms with E-state index in [1.54, 1.807) is 0 Å². The van der Waals surface area contributed by atoms with Crippen molar-refractivity contribution < 1.29 is 9.53 Å². The molecule has 3 fully saturated rings. The SMILES string of the molecule is Cn1cccc1[C@H]1COCCN1C(=O)[C@H]1C[C@H]2CC[C@H]1C2. The van der Waals surface area contributed by atoms with Gasteiger partial charge in [-0.05, 0) is 43.2 Å². The number of aryl methyl sites for hydroxylation is 1. The zero-order valence-corrected chi connectivity index (χ0v) is 12.7. The number of hydrogen-bond donors (Lipinski definition) is 0. The third-order valence-corrected chi connectivity index (χ3v) is 5.79. The van der Waals surface area contributed by atoms with E-state index in [1.165, 1.54) is 25.0 Å². The summed E-state index contributed by atoms with van der Waals surface area (Å²) in [4.78, 5) is 15.2. The fourth-order valence-corrected chi connectivity index (χ4v) is 4.69. The van der Waals surface area contributed by atoms with E-state index < -0.39 is 0 Å². The number of ether oxygens (including phenoxy) is 1. The van der Waals surface area contributed by atoms with Crippen LogP contribution in [-0.4, -0.2) is 35.1 Å². The molecule has 21 heavy (non-hydrogen) atoms. The van der Waals surface area contributed by atoms with Crippen molar-refractivity contribution in [2.75, 3.05) is 19.8 Å². The molecule has 4 rings (SSSR count). The first-order valence-electron chi connectivity index (χ1n) is 8.23. The molecule has 2 bridgehead atoms. The molecule has 2 heterocycles. The van der Waals surface area contributed by atoms with Gasteiger partial charge in [0.05, 0.1) is 19.3 Å². The summed E-state index contributed by atoms with van der Waals surface area (Å²) in [7, 11) is 2.05. The van der Waals surface area contributed by atoms with Crippen LogP contribution >= 0.6 is 0 Å². The molecule has 1 amide bonds. The van der Waals surface area contributed by atoms with Crippen LogP contribution in [0.2, 0.25) is 0 Å². The van der Waals surface area contributed by atoms with Crippen LogP contribution in [0.3, 0.4) is 0 Å². The van der Waals surface area contributed by atoms with Crippen molar-refractivity contribution in [2.24, 2.45) is 24.8 Å². The maximum absolute atomic E-state index is 13.1. The van der Waals surface area contributed by atoms with Crippen molar-refractivity contribution in [1.29, 1.82) is 0 Å². The van der Waals surface area contributed by atoms with Crippen molar-refractivity contribution in [1.82, 2.24) is 9.47 Å². The Kier molecular flexibility index (Phi) is 3.29. The highest BCUT2D eigenvalue weighted by atomic mass is 16.5. The van der Waals surface area contributed by atoms with Crippen molar-refractivity contribution in [3.8, 4) is 0 Å².